The molecule has 0 spiro atoms. The topological polar surface area (TPSA) is 44.0 Å². The maximum atomic E-state index is 13.4. The van der Waals surface area contributed by atoms with Crippen LogP contribution in [0.1, 0.15) is 11.1 Å². The Balaban J connectivity index is 2.62. The molecule has 0 fully saturated rings. The lowest BCUT2D eigenvalue weighted by atomic mass is 9.98. The molecule has 2 aromatic carbocycles. The molecule has 0 aliphatic heterocycles. The van der Waals surface area contributed by atoms with Crippen molar-refractivity contribution in [3.05, 3.63) is 53.3 Å². The van der Waals surface area contributed by atoms with Crippen LogP contribution in [0, 0.1) is 24.1 Å². The third-order valence-electron chi connectivity index (χ3n) is 2.70. The van der Waals surface area contributed by atoms with Crippen molar-refractivity contribution in [3.8, 4) is 22.9 Å². The second-order valence-corrected chi connectivity index (χ2v) is 3.76. The molecule has 0 radical (unpaired) electrons. The standard InChI is InChI=1S/C14H10FNO/c1-9-12(3-2-4-13(9)15)10-5-6-14(17)11(7-10)8-16/h2-7,17H,1H3. The number of phenolic OH excluding ortho intramolecular Hbond substituents is 1. The Bertz CT molecular complexity index is 614. The molecule has 0 aliphatic rings. The van der Waals surface area contributed by atoms with E-state index in [0.29, 0.717) is 5.56 Å². The summed E-state index contributed by atoms with van der Waals surface area (Å²) in [7, 11) is 0. The van der Waals surface area contributed by atoms with E-state index in [9.17, 15) is 9.50 Å². The Kier molecular flexibility index (Phi) is 2.80. The second kappa shape index (κ2) is 4.26. The van der Waals surface area contributed by atoms with Gasteiger partial charge in [-0.15, -0.1) is 0 Å². The first kappa shape index (κ1) is 11.2. The predicted molar refractivity (Wildman–Crippen MR) is 63.0 cm³/mol. The SMILES string of the molecule is Cc1c(F)cccc1-c1ccc(O)c(C#N)c1. The predicted octanol–water partition coefficient (Wildman–Crippen LogP) is 3.38. The number of rotatable bonds is 1. The van der Waals surface area contributed by atoms with Crippen LogP contribution in [-0.4, -0.2) is 5.11 Å². The first-order chi connectivity index (χ1) is 8.13. The first-order valence-electron chi connectivity index (χ1n) is 5.12. The Hall–Kier alpha value is -2.34. The van der Waals surface area contributed by atoms with Crippen molar-refractivity contribution < 1.29 is 9.50 Å². The molecule has 2 nitrogen and oxygen atoms in total. The fraction of sp³-hybridized carbons (Fsp3) is 0.0714. The summed E-state index contributed by atoms with van der Waals surface area (Å²) in [6.07, 6.45) is 0. The average Bonchev–Trinajstić information content (AvgIpc) is 2.34. The van der Waals surface area contributed by atoms with E-state index in [1.165, 1.54) is 12.1 Å². The van der Waals surface area contributed by atoms with Gasteiger partial charge >= 0.3 is 0 Å². The van der Waals surface area contributed by atoms with Gasteiger partial charge in [-0.05, 0) is 41.8 Å². The van der Waals surface area contributed by atoms with Crippen molar-refractivity contribution in [1.29, 1.82) is 5.26 Å². The molecule has 0 bridgehead atoms. The maximum Gasteiger partial charge on any atom is 0.133 e. The highest BCUT2D eigenvalue weighted by Crippen LogP contribution is 2.28. The molecule has 0 saturated heterocycles. The number of benzene rings is 2. The third kappa shape index (κ3) is 1.98. The number of halogens is 1. The van der Waals surface area contributed by atoms with E-state index in [1.54, 1.807) is 31.2 Å². The van der Waals surface area contributed by atoms with E-state index in [1.807, 2.05) is 6.07 Å². The molecular weight excluding hydrogens is 217 g/mol. The number of hydrogen-bond donors (Lipinski definition) is 1. The van der Waals surface area contributed by atoms with Crippen molar-refractivity contribution >= 4 is 0 Å². The summed E-state index contributed by atoms with van der Waals surface area (Å²) in [5.74, 6) is -0.348. The van der Waals surface area contributed by atoms with Crippen LogP contribution in [0.2, 0.25) is 0 Å². The van der Waals surface area contributed by atoms with E-state index in [4.69, 9.17) is 5.26 Å². The van der Waals surface area contributed by atoms with Crippen LogP contribution >= 0.6 is 0 Å². The van der Waals surface area contributed by atoms with Crippen LogP contribution in [0.4, 0.5) is 4.39 Å². The summed E-state index contributed by atoms with van der Waals surface area (Å²) in [6.45, 7) is 1.68. The third-order valence-corrected chi connectivity index (χ3v) is 2.70. The molecule has 3 heteroatoms. The summed E-state index contributed by atoms with van der Waals surface area (Å²) in [5, 5.41) is 18.2. The van der Waals surface area contributed by atoms with Crippen LogP contribution in [0.5, 0.6) is 5.75 Å². The molecule has 1 N–H and O–H groups in total. The van der Waals surface area contributed by atoms with Gasteiger partial charge in [0.2, 0.25) is 0 Å². The van der Waals surface area contributed by atoms with E-state index < -0.39 is 0 Å². The highest BCUT2D eigenvalue weighted by atomic mass is 19.1. The van der Waals surface area contributed by atoms with Crippen molar-refractivity contribution in [1.82, 2.24) is 0 Å². The van der Waals surface area contributed by atoms with Gasteiger partial charge in [0, 0.05) is 0 Å². The van der Waals surface area contributed by atoms with Crippen LogP contribution < -0.4 is 0 Å². The number of phenols is 1. The van der Waals surface area contributed by atoms with Crippen molar-refractivity contribution in [2.75, 3.05) is 0 Å². The number of hydrogen-bond acceptors (Lipinski definition) is 2. The Morgan fingerprint density at radius 1 is 1.24 bits per heavy atom. The zero-order chi connectivity index (χ0) is 12.4. The van der Waals surface area contributed by atoms with Gasteiger partial charge in [0.05, 0.1) is 5.56 Å². The van der Waals surface area contributed by atoms with Crippen LogP contribution in [0.3, 0.4) is 0 Å². The van der Waals surface area contributed by atoms with Crippen LogP contribution in [0.25, 0.3) is 11.1 Å². The zero-order valence-corrected chi connectivity index (χ0v) is 9.24. The molecule has 17 heavy (non-hydrogen) atoms. The molecule has 2 aromatic rings. The minimum absolute atomic E-state index is 0.0645. The van der Waals surface area contributed by atoms with Gasteiger partial charge in [-0.2, -0.15) is 5.26 Å². The molecule has 0 aromatic heterocycles. The molecular formula is C14H10FNO. The van der Waals surface area contributed by atoms with E-state index >= 15 is 0 Å². The van der Waals surface area contributed by atoms with Gasteiger partial charge in [-0.1, -0.05) is 18.2 Å². The van der Waals surface area contributed by atoms with Gasteiger partial charge in [0.25, 0.3) is 0 Å². The second-order valence-electron chi connectivity index (χ2n) is 3.76. The van der Waals surface area contributed by atoms with Crippen molar-refractivity contribution in [2.24, 2.45) is 0 Å². The van der Waals surface area contributed by atoms with Crippen molar-refractivity contribution in [3.63, 3.8) is 0 Å². The number of nitriles is 1. The fourth-order valence-electron chi connectivity index (χ4n) is 1.71. The lowest BCUT2D eigenvalue weighted by molar-refractivity contribution is 0.473. The Morgan fingerprint density at radius 3 is 2.71 bits per heavy atom. The smallest absolute Gasteiger partial charge is 0.133 e. The van der Waals surface area contributed by atoms with Crippen LogP contribution in [0.15, 0.2) is 36.4 Å². The van der Waals surface area contributed by atoms with Gasteiger partial charge in [-0.3, -0.25) is 0 Å². The quantitative estimate of drug-likeness (QED) is 0.811. The molecule has 0 heterocycles. The largest absolute Gasteiger partial charge is 0.507 e. The lowest BCUT2D eigenvalue weighted by Gasteiger charge is -2.07. The minimum Gasteiger partial charge on any atom is -0.507 e. The molecule has 2 rings (SSSR count). The van der Waals surface area contributed by atoms with Crippen LogP contribution in [-0.2, 0) is 0 Å². The molecule has 0 saturated carbocycles. The van der Waals surface area contributed by atoms with Gasteiger partial charge in [0.15, 0.2) is 0 Å². The monoisotopic (exact) mass is 227 g/mol. The fourth-order valence-corrected chi connectivity index (χ4v) is 1.71. The Morgan fingerprint density at radius 2 is 2.00 bits per heavy atom. The summed E-state index contributed by atoms with van der Waals surface area (Å²) in [5.41, 5.74) is 2.16. The Labute approximate surface area is 98.6 Å². The van der Waals surface area contributed by atoms with Gasteiger partial charge < -0.3 is 5.11 Å². The van der Waals surface area contributed by atoms with E-state index in [0.717, 1.165) is 11.1 Å². The molecule has 0 amide bonds. The van der Waals surface area contributed by atoms with Gasteiger partial charge in [-0.25, -0.2) is 4.39 Å². The van der Waals surface area contributed by atoms with E-state index in [-0.39, 0.29) is 17.1 Å². The molecule has 0 atom stereocenters. The minimum atomic E-state index is -0.283. The summed E-state index contributed by atoms with van der Waals surface area (Å²) in [6, 6.07) is 11.4. The maximum absolute atomic E-state index is 13.4. The highest BCUT2D eigenvalue weighted by Gasteiger charge is 2.08. The summed E-state index contributed by atoms with van der Waals surface area (Å²) < 4.78 is 13.4. The molecule has 0 aliphatic carbocycles. The normalized spacial score (nSPS) is 9.94. The number of nitrogens with zero attached hydrogens (tertiary/aromatic N) is 1. The first-order valence-corrected chi connectivity index (χ1v) is 5.12. The highest BCUT2D eigenvalue weighted by molar-refractivity contribution is 5.70. The molecule has 84 valence electrons. The van der Waals surface area contributed by atoms with Crippen molar-refractivity contribution in [2.45, 2.75) is 6.92 Å². The average molecular weight is 227 g/mol. The lowest BCUT2D eigenvalue weighted by Crippen LogP contribution is -1.88. The zero-order valence-electron chi connectivity index (χ0n) is 9.24. The van der Waals surface area contributed by atoms with Gasteiger partial charge in [0.1, 0.15) is 17.6 Å². The summed E-state index contributed by atoms with van der Waals surface area (Å²) in [4.78, 5) is 0. The number of aromatic hydroxyl groups is 1. The van der Waals surface area contributed by atoms with E-state index in [2.05, 4.69) is 0 Å². The molecule has 0 unspecified atom stereocenters. The summed E-state index contributed by atoms with van der Waals surface area (Å²) >= 11 is 0.